The fraction of sp³-hybridized carbons (Fsp3) is 0.0833. The van der Waals surface area contributed by atoms with E-state index in [4.69, 9.17) is 9.52 Å². The van der Waals surface area contributed by atoms with Gasteiger partial charge in [-0.2, -0.15) is 0 Å². The van der Waals surface area contributed by atoms with Crippen LogP contribution in [0.1, 0.15) is 17.0 Å². The summed E-state index contributed by atoms with van der Waals surface area (Å²) < 4.78 is 4.96. The molecular formula is C12H10N2O4. The van der Waals surface area contributed by atoms with Crippen LogP contribution in [0.2, 0.25) is 0 Å². The molecule has 0 unspecified atom stereocenters. The number of pyridine rings is 1. The number of hydrogen-bond acceptors (Lipinski definition) is 5. The first-order chi connectivity index (χ1) is 8.69. The van der Waals surface area contributed by atoms with Gasteiger partial charge in [0.15, 0.2) is 0 Å². The van der Waals surface area contributed by atoms with Gasteiger partial charge in [0.25, 0.3) is 0 Å². The molecule has 6 heteroatoms. The lowest BCUT2D eigenvalue weighted by Gasteiger charge is -1.95. The first kappa shape index (κ1) is 12.0. The third-order valence-electron chi connectivity index (χ3n) is 2.24. The van der Waals surface area contributed by atoms with E-state index in [1.54, 1.807) is 30.5 Å². The second-order valence-electron chi connectivity index (χ2n) is 3.52. The number of nitro groups is 1. The van der Waals surface area contributed by atoms with E-state index in [1.807, 2.05) is 0 Å². The second kappa shape index (κ2) is 5.24. The minimum atomic E-state index is -0.592. The van der Waals surface area contributed by atoms with E-state index in [2.05, 4.69) is 4.98 Å². The number of rotatable bonds is 4. The number of nitrogens with zero attached hydrogens (tertiary/aromatic N) is 2. The molecule has 0 fully saturated rings. The van der Waals surface area contributed by atoms with Crippen molar-refractivity contribution in [1.29, 1.82) is 0 Å². The van der Waals surface area contributed by atoms with Gasteiger partial charge in [0.1, 0.15) is 10.7 Å². The molecule has 0 radical (unpaired) electrons. The minimum Gasteiger partial charge on any atom is -0.401 e. The first-order valence-electron chi connectivity index (χ1n) is 5.17. The molecule has 2 aromatic rings. The van der Waals surface area contributed by atoms with Crippen molar-refractivity contribution in [2.45, 2.75) is 6.61 Å². The maximum atomic E-state index is 10.4. The molecule has 0 saturated heterocycles. The Hall–Kier alpha value is -2.47. The van der Waals surface area contributed by atoms with Crippen molar-refractivity contribution in [3.05, 3.63) is 57.6 Å². The average molecular weight is 246 g/mol. The van der Waals surface area contributed by atoms with Gasteiger partial charge in [-0.05, 0) is 29.8 Å². The maximum absolute atomic E-state index is 10.4. The number of aromatic nitrogens is 1. The van der Waals surface area contributed by atoms with Crippen LogP contribution in [0.5, 0.6) is 0 Å². The third kappa shape index (κ3) is 2.80. The van der Waals surface area contributed by atoms with Crippen molar-refractivity contribution < 1.29 is 14.4 Å². The standard InChI is InChI=1S/C12H10N2O4/c15-8-9-1-2-10(13-7-9)3-4-11-5-6-12(18-11)14(16)17/h1-7,15H,8H2. The summed E-state index contributed by atoms with van der Waals surface area (Å²) in [5, 5.41) is 19.3. The SMILES string of the molecule is O=[N+]([O-])c1ccc(C=Cc2ccc(CO)cn2)o1. The molecule has 6 nitrogen and oxygen atoms in total. The normalized spacial score (nSPS) is 10.9. The zero-order valence-electron chi connectivity index (χ0n) is 9.31. The van der Waals surface area contributed by atoms with Crippen LogP contribution in [-0.2, 0) is 6.61 Å². The zero-order chi connectivity index (χ0) is 13.0. The molecule has 1 N–H and O–H groups in total. The van der Waals surface area contributed by atoms with Crippen LogP contribution >= 0.6 is 0 Å². The monoisotopic (exact) mass is 246 g/mol. The van der Waals surface area contributed by atoms with Crippen LogP contribution < -0.4 is 0 Å². The maximum Gasteiger partial charge on any atom is 0.433 e. The van der Waals surface area contributed by atoms with Gasteiger partial charge in [0, 0.05) is 6.20 Å². The van der Waals surface area contributed by atoms with Crippen molar-refractivity contribution in [2.24, 2.45) is 0 Å². The summed E-state index contributed by atoms with van der Waals surface area (Å²) in [6.07, 6.45) is 4.82. The van der Waals surface area contributed by atoms with Crippen LogP contribution in [0, 0.1) is 10.1 Å². The van der Waals surface area contributed by atoms with E-state index in [9.17, 15) is 10.1 Å². The molecule has 0 atom stereocenters. The molecule has 0 aliphatic heterocycles. The summed E-state index contributed by atoms with van der Waals surface area (Å²) in [4.78, 5) is 13.9. The van der Waals surface area contributed by atoms with Gasteiger partial charge in [-0.25, -0.2) is 0 Å². The van der Waals surface area contributed by atoms with Gasteiger partial charge < -0.3 is 9.52 Å². The summed E-state index contributed by atoms with van der Waals surface area (Å²) in [6, 6.07) is 6.29. The van der Waals surface area contributed by atoms with Gasteiger partial charge >= 0.3 is 5.88 Å². The molecule has 0 amide bonds. The van der Waals surface area contributed by atoms with Gasteiger partial charge in [-0.1, -0.05) is 6.07 Å². The molecule has 18 heavy (non-hydrogen) atoms. The van der Waals surface area contributed by atoms with Crippen molar-refractivity contribution in [1.82, 2.24) is 4.98 Å². The highest BCUT2D eigenvalue weighted by Gasteiger charge is 2.09. The highest BCUT2D eigenvalue weighted by atomic mass is 16.6. The molecule has 0 aromatic carbocycles. The molecule has 0 aliphatic rings. The molecule has 0 bridgehead atoms. The van der Waals surface area contributed by atoms with Crippen LogP contribution in [0.4, 0.5) is 5.88 Å². The van der Waals surface area contributed by atoms with Crippen LogP contribution in [0.25, 0.3) is 12.2 Å². The molecule has 2 heterocycles. The number of hydrogen-bond donors (Lipinski definition) is 1. The molecule has 2 rings (SSSR count). The Morgan fingerprint density at radius 2 is 2.17 bits per heavy atom. The summed E-state index contributed by atoms with van der Waals surface area (Å²) >= 11 is 0. The predicted octanol–water partition coefficient (Wildman–Crippen LogP) is 2.25. The Morgan fingerprint density at radius 3 is 2.72 bits per heavy atom. The topological polar surface area (TPSA) is 89.4 Å². The minimum absolute atomic E-state index is 0.0542. The Kier molecular flexibility index (Phi) is 3.49. The molecule has 0 aliphatic carbocycles. The largest absolute Gasteiger partial charge is 0.433 e. The summed E-state index contributed by atoms with van der Waals surface area (Å²) in [5.41, 5.74) is 1.40. The predicted molar refractivity (Wildman–Crippen MR) is 64.5 cm³/mol. The quantitative estimate of drug-likeness (QED) is 0.660. The van der Waals surface area contributed by atoms with Crippen LogP contribution in [-0.4, -0.2) is 15.0 Å². The molecule has 92 valence electrons. The smallest absolute Gasteiger partial charge is 0.401 e. The van der Waals surface area contributed by atoms with Gasteiger partial charge in [0.05, 0.1) is 18.4 Å². The Balaban J connectivity index is 2.11. The van der Waals surface area contributed by atoms with E-state index >= 15 is 0 Å². The molecule has 0 spiro atoms. The second-order valence-corrected chi connectivity index (χ2v) is 3.52. The molecule has 2 aromatic heterocycles. The third-order valence-corrected chi connectivity index (χ3v) is 2.24. The van der Waals surface area contributed by atoms with Gasteiger partial charge in [-0.15, -0.1) is 0 Å². The lowest BCUT2D eigenvalue weighted by molar-refractivity contribution is -0.402. The zero-order valence-corrected chi connectivity index (χ0v) is 9.31. The van der Waals surface area contributed by atoms with Crippen LogP contribution in [0.15, 0.2) is 34.9 Å². The number of furan rings is 1. The summed E-state index contributed by atoms with van der Waals surface area (Å²) in [6.45, 7) is -0.0542. The highest BCUT2D eigenvalue weighted by molar-refractivity contribution is 5.65. The average Bonchev–Trinajstić information content (AvgIpc) is 2.86. The highest BCUT2D eigenvalue weighted by Crippen LogP contribution is 2.17. The van der Waals surface area contributed by atoms with Crippen molar-refractivity contribution >= 4 is 18.0 Å². The number of aliphatic hydroxyl groups excluding tert-OH is 1. The Bertz CT molecular complexity index is 572. The van der Waals surface area contributed by atoms with E-state index in [-0.39, 0.29) is 12.5 Å². The van der Waals surface area contributed by atoms with Gasteiger partial charge in [-0.3, -0.25) is 15.1 Å². The number of aliphatic hydroxyl groups is 1. The first-order valence-corrected chi connectivity index (χ1v) is 5.17. The summed E-state index contributed by atoms with van der Waals surface area (Å²) in [5.74, 6) is 0.0907. The van der Waals surface area contributed by atoms with E-state index < -0.39 is 4.92 Å². The fourth-order valence-electron chi connectivity index (χ4n) is 1.33. The fourth-order valence-corrected chi connectivity index (χ4v) is 1.33. The van der Waals surface area contributed by atoms with Gasteiger partial charge in [0.2, 0.25) is 0 Å². The van der Waals surface area contributed by atoms with Crippen molar-refractivity contribution in [2.75, 3.05) is 0 Å². The molecular weight excluding hydrogens is 236 g/mol. The van der Waals surface area contributed by atoms with Crippen molar-refractivity contribution in [3.63, 3.8) is 0 Å². The van der Waals surface area contributed by atoms with E-state index in [0.29, 0.717) is 11.5 Å². The van der Waals surface area contributed by atoms with Crippen LogP contribution in [0.3, 0.4) is 0 Å². The molecule has 0 saturated carbocycles. The lowest BCUT2D eigenvalue weighted by Crippen LogP contribution is -1.86. The Labute approximate surface area is 102 Å². The lowest BCUT2D eigenvalue weighted by atomic mass is 10.2. The Morgan fingerprint density at radius 1 is 1.33 bits per heavy atom. The summed E-state index contributed by atoms with van der Waals surface area (Å²) in [7, 11) is 0. The van der Waals surface area contributed by atoms with E-state index in [0.717, 1.165) is 5.56 Å². The van der Waals surface area contributed by atoms with E-state index in [1.165, 1.54) is 12.1 Å². The van der Waals surface area contributed by atoms with Crippen molar-refractivity contribution in [3.8, 4) is 0 Å².